The molecular weight excluding hydrogens is 228 g/mol. The first-order chi connectivity index (χ1) is 8.10. The topological polar surface area (TPSA) is 63.0 Å². The molecule has 1 aromatic rings. The van der Waals surface area contributed by atoms with Crippen LogP contribution in [0.5, 0.6) is 0 Å². The minimum Gasteiger partial charge on any atom is -0.388 e. The molecule has 0 amide bonds. The van der Waals surface area contributed by atoms with Crippen molar-refractivity contribution in [1.29, 1.82) is 0 Å². The summed E-state index contributed by atoms with van der Waals surface area (Å²) in [5, 5.41) is 21.7. The molecule has 1 unspecified atom stereocenters. The first kappa shape index (κ1) is 15.1. The summed E-state index contributed by atoms with van der Waals surface area (Å²) in [4.78, 5) is 0. The first-order valence-corrected chi connectivity index (χ1v) is 6.46. The van der Waals surface area contributed by atoms with Gasteiger partial charge in [-0.25, -0.2) is 4.68 Å². The normalized spacial score (nSPS) is 16.0. The molecule has 104 valence electrons. The Morgan fingerprint density at radius 3 is 2.44 bits per heavy atom. The largest absolute Gasteiger partial charge is 0.388 e. The van der Waals surface area contributed by atoms with Gasteiger partial charge in [-0.05, 0) is 33.6 Å². The maximum atomic E-state index is 10.2. The first-order valence-electron chi connectivity index (χ1n) is 6.46. The predicted octanol–water partition coefficient (Wildman–Crippen LogP) is 1.57. The van der Waals surface area contributed by atoms with Gasteiger partial charge >= 0.3 is 0 Å². The number of nitrogens with zero attached hydrogens (tertiary/aromatic N) is 3. The number of aromatic nitrogens is 3. The summed E-state index contributed by atoms with van der Waals surface area (Å²) in [5.41, 5.74) is 0.194. The van der Waals surface area contributed by atoms with Gasteiger partial charge in [0.15, 0.2) is 0 Å². The van der Waals surface area contributed by atoms with Crippen molar-refractivity contribution in [2.75, 3.05) is 0 Å². The van der Waals surface area contributed by atoms with E-state index >= 15 is 0 Å². The summed E-state index contributed by atoms with van der Waals surface area (Å²) >= 11 is 0. The highest BCUT2D eigenvalue weighted by Crippen LogP contribution is 2.17. The lowest BCUT2D eigenvalue weighted by molar-refractivity contribution is -0.00611. The van der Waals surface area contributed by atoms with E-state index in [0.717, 1.165) is 5.69 Å². The van der Waals surface area contributed by atoms with E-state index in [1.54, 1.807) is 4.68 Å². The Balaban J connectivity index is 2.59. The average Bonchev–Trinajstić information content (AvgIpc) is 2.60. The fourth-order valence-corrected chi connectivity index (χ4v) is 1.36. The van der Waals surface area contributed by atoms with Crippen molar-refractivity contribution >= 4 is 0 Å². The van der Waals surface area contributed by atoms with E-state index in [9.17, 15) is 5.11 Å². The van der Waals surface area contributed by atoms with Gasteiger partial charge < -0.3 is 10.4 Å². The van der Waals surface area contributed by atoms with E-state index in [1.807, 2.05) is 27.0 Å². The molecule has 0 saturated carbocycles. The molecule has 0 saturated heterocycles. The second-order valence-electron chi connectivity index (χ2n) is 6.52. The van der Waals surface area contributed by atoms with Crippen LogP contribution in [0, 0.1) is 5.92 Å². The van der Waals surface area contributed by atoms with Crippen molar-refractivity contribution in [2.24, 2.45) is 5.92 Å². The van der Waals surface area contributed by atoms with E-state index in [4.69, 9.17) is 0 Å². The third kappa shape index (κ3) is 4.74. The zero-order valence-electron chi connectivity index (χ0n) is 12.4. The highest BCUT2D eigenvalue weighted by atomic mass is 16.3. The Bertz CT molecular complexity index is 377. The second-order valence-corrected chi connectivity index (χ2v) is 6.52. The minimum absolute atomic E-state index is 0.0627. The van der Waals surface area contributed by atoms with Crippen molar-refractivity contribution in [3.05, 3.63) is 11.9 Å². The van der Waals surface area contributed by atoms with Crippen LogP contribution in [0.25, 0.3) is 0 Å². The molecule has 1 heterocycles. The number of rotatable bonds is 5. The molecule has 0 aromatic carbocycles. The maximum absolute atomic E-state index is 10.2. The smallest absolute Gasteiger partial charge is 0.0965 e. The van der Waals surface area contributed by atoms with Crippen LogP contribution in [0.3, 0.4) is 0 Å². The molecule has 0 spiro atoms. The van der Waals surface area contributed by atoms with Crippen LogP contribution in [0.2, 0.25) is 0 Å². The molecule has 0 fully saturated rings. The highest BCUT2D eigenvalue weighted by Gasteiger charge is 2.26. The van der Waals surface area contributed by atoms with Crippen molar-refractivity contribution in [3.8, 4) is 0 Å². The third-order valence-electron chi connectivity index (χ3n) is 3.11. The zero-order valence-corrected chi connectivity index (χ0v) is 12.4. The highest BCUT2D eigenvalue weighted by molar-refractivity contribution is 4.94. The molecule has 0 aliphatic heterocycles. The second kappa shape index (κ2) is 5.36. The molecule has 1 rings (SSSR count). The molecule has 1 atom stereocenters. The van der Waals surface area contributed by atoms with Crippen molar-refractivity contribution in [1.82, 2.24) is 20.3 Å². The molecule has 0 aliphatic carbocycles. The molecule has 5 nitrogen and oxygen atoms in total. The average molecular weight is 254 g/mol. The zero-order chi connectivity index (χ0) is 14.0. The lowest BCUT2D eigenvalue weighted by Gasteiger charge is -2.27. The number of hydrogen-bond donors (Lipinski definition) is 2. The molecule has 2 N–H and O–H groups in total. The van der Waals surface area contributed by atoms with Gasteiger partial charge in [-0.2, -0.15) is 0 Å². The lowest BCUT2D eigenvalue weighted by atomic mass is 9.93. The van der Waals surface area contributed by atoms with Gasteiger partial charge in [0.2, 0.25) is 0 Å². The van der Waals surface area contributed by atoms with E-state index < -0.39 is 5.60 Å². The van der Waals surface area contributed by atoms with Crippen LogP contribution in [-0.2, 0) is 13.1 Å². The molecule has 1 aromatic heterocycles. The summed E-state index contributed by atoms with van der Waals surface area (Å²) < 4.78 is 1.71. The van der Waals surface area contributed by atoms with Gasteiger partial charge in [-0.3, -0.25) is 0 Å². The number of nitrogens with one attached hydrogen (secondary N) is 1. The number of aliphatic hydroxyl groups is 1. The van der Waals surface area contributed by atoms with Gasteiger partial charge in [0.05, 0.1) is 17.8 Å². The van der Waals surface area contributed by atoms with Gasteiger partial charge in [0.1, 0.15) is 0 Å². The van der Waals surface area contributed by atoms with Crippen LogP contribution >= 0.6 is 0 Å². The van der Waals surface area contributed by atoms with Crippen molar-refractivity contribution in [3.63, 3.8) is 0 Å². The van der Waals surface area contributed by atoms with Gasteiger partial charge in [-0.1, -0.05) is 19.1 Å². The minimum atomic E-state index is -0.761. The van der Waals surface area contributed by atoms with E-state index in [1.165, 1.54) is 0 Å². The SMILES string of the molecule is CC(C)C(C)(O)Cn1cc(CNC(C)(C)C)nn1. The Morgan fingerprint density at radius 2 is 1.94 bits per heavy atom. The monoisotopic (exact) mass is 254 g/mol. The van der Waals surface area contributed by atoms with Crippen LogP contribution in [-0.4, -0.2) is 31.2 Å². The van der Waals surface area contributed by atoms with Gasteiger partial charge in [-0.15, -0.1) is 5.10 Å². The maximum Gasteiger partial charge on any atom is 0.0965 e. The summed E-state index contributed by atoms with van der Waals surface area (Å²) in [6.07, 6.45) is 1.88. The van der Waals surface area contributed by atoms with E-state index in [2.05, 4.69) is 36.4 Å². The van der Waals surface area contributed by atoms with E-state index in [0.29, 0.717) is 13.1 Å². The summed E-state index contributed by atoms with van der Waals surface area (Å²) in [6.45, 7) is 13.3. The van der Waals surface area contributed by atoms with Crippen LogP contribution in [0.1, 0.15) is 47.2 Å². The summed E-state index contributed by atoms with van der Waals surface area (Å²) in [6, 6.07) is 0. The van der Waals surface area contributed by atoms with Crippen LogP contribution in [0.15, 0.2) is 6.20 Å². The van der Waals surface area contributed by atoms with Gasteiger partial charge in [0.25, 0.3) is 0 Å². The fraction of sp³-hybridized carbons (Fsp3) is 0.846. The number of hydrogen-bond acceptors (Lipinski definition) is 4. The fourth-order valence-electron chi connectivity index (χ4n) is 1.36. The molecular formula is C13H26N4O. The Kier molecular flexibility index (Phi) is 4.50. The quantitative estimate of drug-likeness (QED) is 0.837. The summed E-state index contributed by atoms with van der Waals surface area (Å²) in [7, 11) is 0. The molecule has 0 bridgehead atoms. The molecule has 0 aliphatic rings. The van der Waals surface area contributed by atoms with Gasteiger partial charge in [0, 0.05) is 18.3 Å². The van der Waals surface area contributed by atoms with E-state index in [-0.39, 0.29) is 11.5 Å². The Hall–Kier alpha value is -0.940. The van der Waals surface area contributed by atoms with Crippen LogP contribution < -0.4 is 5.32 Å². The molecule has 5 heteroatoms. The molecule has 18 heavy (non-hydrogen) atoms. The summed E-state index contributed by atoms with van der Waals surface area (Å²) in [5.74, 6) is 0.179. The standard InChI is InChI=1S/C13H26N4O/c1-10(2)13(6,18)9-17-8-11(15-16-17)7-14-12(3,4)5/h8,10,14,18H,7,9H2,1-6H3. The third-order valence-corrected chi connectivity index (χ3v) is 3.11. The van der Waals surface area contributed by atoms with Crippen molar-refractivity contribution < 1.29 is 5.11 Å². The predicted molar refractivity (Wildman–Crippen MR) is 72.1 cm³/mol. The Morgan fingerprint density at radius 1 is 1.33 bits per heavy atom. The molecule has 0 radical (unpaired) electrons. The van der Waals surface area contributed by atoms with Crippen molar-refractivity contribution in [2.45, 2.75) is 65.8 Å². The Labute approximate surface area is 110 Å². The van der Waals surface area contributed by atoms with Crippen LogP contribution in [0.4, 0.5) is 0 Å². The lowest BCUT2D eigenvalue weighted by Crippen LogP contribution is -2.36.